The molecule has 2 aromatic heterocycles. The average Bonchev–Trinajstić information content (AvgIpc) is 3.27. The van der Waals surface area contributed by atoms with Gasteiger partial charge in [0.25, 0.3) is 5.56 Å². The summed E-state index contributed by atoms with van der Waals surface area (Å²) in [7, 11) is 0. The van der Waals surface area contributed by atoms with Gasteiger partial charge in [-0.15, -0.1) is 0 Å². The molecule has 0 radical (unpaired) electrons. The van der Waals surface area contributed by atoms with Crippen molar-refractivity contribution in [3.63, 3.8) is 0 Å². The number of hydrogen-bond donors (Lipinski definition) is 0. The van der Waals surface area contributed by atoms with E-state index in [4.69, 9.17) is 28.2 Å². The van der Waals surface area contributed by atoms with E-state index in [0.717, 1.165) is 27.6 Å². The molecule has 0 spiro atoms. The van der Waals surface area contributed by atoms with Gasteiger partial charge in [-0.25, -0.2) is 4.98 Å². The Morgan fingerprint density at radius 3 is 2.38 bits per heavy atom. The van der Waals surface area contributed by atoms with Crippen molar-refractivity contribution < 1.29 is 0 Å². The van der Waals surface area contributed by atoms with E-state index < -0.39 is 0 Å². The smallest absolute Gasteiger partial charge is 0.282 e. The maximum absolute atomic E-state index is 13.5. The summed E-state index contributed by atoms with van der Waals surface area (Å²) in [5, 5.41) is 7.40. The van der Waals surface area contributed by atoms with Gasteiger partial charge in [0.15, 0.2) is 5.82 Å². The molecule has 0 aliphatic heterocycles. The molecule has 0 bridgehead atoms. The number of benzene rings is 4. The van der Waals surface area contributed by atoms with Crippen molar-refractivity contribution in [3.05, 3.63) is 135 Å². The van der Waals surface area contributed by atoms with Crippen LogP contribution in [0.2, 0.25) is 10.0 Å². The Balaban J connectivity index is 1.48. The van der Waals surface area contributed by atoms with E-state index in [1.165, 1.54) is 4.68 Å². The van der Waals surface area contributed by atoms with Crippen molar-refractivity contribution in [2.45, 2.75) is 6.54 Å². The SMILES string of the molecule is O=c1c2ccccc2nc(-c2ccccc2)n1N=Cc1cn(Cc2ccc(Cl)cc2Cl)c2ccccc12. The highest BCUT2D eigenvalue weighted by molar-refractivity contribution is 6.35. The number of nitrogens with zero attached hydrogens (tertiary/aromatic N) is 4. The minimum absolute atomic E-state index is 0.225. The molecule has 6 rings (SSSR count). The highest BCUT2D eigenvalue weighted by Crippen LogP contribution is 2.26. The van der Waals surface area contributed by atoms with E-state index in [1.54, 1.807) is 18.3 Å². The topological polar surface area (TPSA) is 52.2 Å². The van der Waals surface area contributed by atoms with Gasteiger partial charge in [0.05, 0.1) is 17.1 Å². The first kappa shape index (κ1) is 23.2. The summed E-state index contributed by atoms with van der Waals surface area (Å²) < 4.78 is 3.49. The predicted octanol–water partition coefficient (Wildman–Crippen LogP) is 7.26. The number of para-hydroxylation sites is 2. The predicted molar refractivity (Wildman–Crippen MR) is 152 cm³/mol. The zero-order valence-corrected chi connectivity index (χ0v) is 21.1. The maximum atomic E-state index is 13.5. The van der Waals surface area contributed by atoms with Crippen molar-refractivity contribution in [3.8, 4) is 11.4 Å². The molecule has 0 aliphatic carbocycles. The summed E-state index contributed by atoms with van der Waals surface area (Å²) in [4.78, 5) is 18.3. The third kappa shape index (κ3) is 4.44. The molecule has 0 saturated heterocycles. The van der Waals surface area contributed by atoms with Gasteiger partial charge in [0, 0.05) is 44.8 Å². The second kappa shape index (κ2) is 9.69. The molecule has 0 fully saturated rings. The summed E-state index contributed by atoms with van der Waals surface area (Å²) >= 11 is 12.5. The second-order valence-corrected chi connectivity index (χ2v) is 9.49. The Kier molecular flexibility index (Phi) is 6.08. The number of rotatable bonds is 5. The zero-order chi connectivity index (χ0) is 25.4. The molecule has 0 N–H and O–H groups in total. The Morgan fingerprint density at radius 1 is 0.838 bits per heavy atom. The minimum Gasteiger partial charge on any atom is -0.342 e. The van der Waals surface area contributed by atoms with E-state index >= 15 is 0 Å². The monoisotopic (exact) mass is 522 g/mol. The summed E-state index contributed by atoms with van der Waals surface area (Å²) in [6.45, 7) is 0.567. The van der Waals surface area contributed by atoms with Crippen molar-refractivity contribution in [1.82, 2.24) is 14.2 Å². The summed E-state index contributed by atoms with van der Waals surface area (Å²) in [5.41, 5.74) is 4.08. The van der Waals surface area contributed by atoms with Crippen LogP contribution in [0.15, 0.2) is 113 Å². The Hall–Kier alpha value is -4.19. The van der Waals surface area contributed by atoms with Gasteiger partial charge in [-0.2, -0.15) is 9.78 Å². The molecule has 180 valence electrons. The summed E-state index contributed by atoms with van der Waals surface area (Å²) in [5.74, 6) is 0.484. The molecule has 0 amide bonds. The average molecular weight is 523 g/mol. The lowest BCUT2D eigenvalue weighted by atomic mass is 10.2. The Bertz CT molecular complexity index is 1860. The van der Waals surface area contributed by atoms with E-state index in [1.807, 2.05) is 85.1 Å². The molecule has 0 saturated carbocycles. The van der Waals surface area contributed by atoms with Gasteiger partial charge in [-0.1, -0.05) is 89.9 Å². The quantitative estimate of drug-likeness (QED) is 0.224. The van der Waals surface area contributed by atoms with Crippen LogP contribution < -0.4 is 5.56 Å². The molecule has 0 unspecified atom stereocenters. The third-order valence-corrected chi connectivity index (χ3v) is 6.86. The van der Waals surface area contributed by atoms with Crippen LogP contribution in [0, 0.1) is 0 Å². The van der Waals surface area contributed by atoms with E-state index in [9.17, 15) is 4.79 Å². The van der Waals surface area contributed by atoms with E-state index in [0.29, 0.717) is 33.3 Å². The fourth-order valence-electron chi connectivity index (χ4n) is 4.47. The molecular formula is C30H20Cl2N4O. The van der Waals surface area contributed by atoms with Gasteiger partial charge in [0.1, 0.15) is 0 Å². The normalized spacial score (nSPS) is 11.6. The molecule has 0 aliphatic rings. The van der Waals surface area contributed by atoms with Crippen molar-refractivity contribution in [1.29, 1.82) is 0 Å². The van der Waals surface area contributed by atoms with Gasteiger partial charge >= 0.3 is 0 Å². The molecule has 5 nitrogen and oxygen atoms in total. The van der Waals surface area contributed by atoms with Crippen molar-refractivity contribution in [2.24, 2.45) is 5.10 Å². The lowest BCUT2D eigenvalue weighted by molar-refractivity contribution is 0.826. The minimum atomic E-state index is -0.225. The maximum Gasteiger partial charge on any atom is 0.282 e. The standard InChI is InChI=1S/C30H20Cl2N4O/c31-23-15-14-21(26(32)16-23)18-35-19-22(24-10-5-7-13-28(24)35)17-33-36-29(20-8-2-1-3-9-20)34-27-12-6-4-11-25(27)30(36)37/h1-17,19H,18H2. The molecule has 2 heterocycles. The van der Waals surface area contributed by atoms with Crippen LogP contribution in [0.3, 0.4) is 0 Å². The number of aromatic nitrogens is 3. The molecular weight excluding hydrogens is 503 g/mol. The van der Waals surface area contributed by atoms with Crippen molar-refractivity contribution >= 4 is 51.2 Å². The van der Waals surface area contributed by atoms with Crippen LogP contribution in [-0.4, -0.2) is 20.4 Å². The second-order valence-electron chi connectivity index (χ2n) is 8.65. The zero-order valence-electron chi connectivity index (χ0n) is 19.6. The third-order valence-electron chi connectivity index (χ3n) is 6.27. The van der Waals surface area contributed by atoms with Gasteiger partial charge < -0.3 is 4.57 Å². The summed E-state index contributed by atoms with van der Waals surface area (Å²) in [6.07, 6.45) is 3.73. The molecule has 4 aromatic carbocycles. The fourth-order valence-corrected chi connectivity index (χ4v) is 4.94. The number of fused-ring (bicyclic) bond motifs is 2. The first-order valence-corrected chi connectivity index (χ1v) is 12.5. The molecule has 6 aromatic rings. The lowest BCUT2D eigenvalue weighted by Crippen LogP contribution is -2.20. The Labute approximate surface area is 222 Å². The highest BCUT2D eigenvalue weighted by Gasteiger charge is 2.13. The number of halogens is 2. The van der Waals surface area contributed by atoms with Crippen LogP contribution in [0.1, 0.15) is 11.1 Å². The lowest BCUT2D eigenvalue weighted by Gasteiger charge is -2.09. The van der Waals surface area contributed by atoms with Gasteiger partial charge in [0.2, 0.25) is 0 Å². The van der Waals surface area contributed by atoms with E-state index in [2.05, 4.69) is 15.7 Å². The van der Waals surface area contributed by atoms with Crippen LogP contribution in [0.5, 0.6) is 0 Å². The first-order valence-electron chi connectivity index (χ1n) is 11.7. The van der Waals surface area contributed by atoms with E-state index in [-0.39, 0.29) is 5.56 Å². The molecule has 0 atom stereocenters. The largest absolute Gasteiger partial charge is 0.342 e. The summed E-state index contributed by atoms with van der Waals surface area (Å²) in [6, 6.07) is 30.5. The molecule has 37 heavy (non-hydrogen) atoms. The molecule has 7 heteroatoms. The first-order chi connectivity index (χ1) is 18.1. The highest BCUT2D eigenvalue weighted by atomic mass is 35.5. The van der Waals surface area contributed by atoms with Crippen molar-refractivity contribution in [2.75, 3.05) is 0 Å². The van der Waals surface area contributed by atoms with Gasteiger partial charge in [-0.05, 0) is 35.9 Å². The van der Waals surface area contributed by atoms with Crippen LogP contribution in [0.4, 0.5) is 0 Å². The van der Waals surface area contributed by atoms with Crippen LogP contribution in [-0.2, 0) is 6.54 Å². The van der Waals surface area contributed by atoms with Crippen LogP contribution in [0.25, 0.3) is 33.2 Å². The van der Waals surface area contributed by atoms with Crippen LogP contribution >= 0.6 is 23.2 Å². The Morgan fingerprint density at radius 2 is 1.57 bits per heavy atom. The number of hydrogen-bond acceptors (Lipinski definition) is 3. The fraction of sp³-hybridized carbons (Fsp3) is 0.0333. The van der Waals surface area contributed by atoms with Gasteiger partial charge in [-0.3, -0.25) is 4.79 Å².